The summed E-state index contributed by atoms with van der Waals surface area (Å²) in [5, 5.41) is 12.5. The Kier molecular flexibility index (Phi) is 2.61. The number of hydrogen-bond acceptors (Lipinski definition) is 4. The number of aromatic nitrogens is 2. The van der Waals surface area contributed by atoms with Crippen LogP contribution in [-0.2, 0) is 15.7 Å². The van der Waals surface area contributed by atoms with E-state index in [-0.39, 0.29) is 5.69 Å². The van der Waals surface area contributed by atoms with Gasteiger partial charge in [0.05, 0.1) is 5.69 Å². The minimum absolute atomic E-state index is 0.118. The van der Waals surface area contributed by atoms with E-state index < -0.39 is 21.7 Å². The third-order valence-corrected chi connectivity index (χ3v) is 2.19. The van der Waals surface area contributed by atoms with Crippen LogP contribution in [0.3, 0.4) is 0 Å². The molecule has 0 fully saturated rings. The second kappa shape index (κ2) is 3.41. The SMILES string of the molecule is Cc1cc(C(=O)O)n(CS(C)(=O)=O)n1. The summed E-state index contributed by atoms with van der Waals surface area (Å²) >= 11 is 0. The van der Waals surface area contributed by atoms with Crippen molar-refractivity contribution in [2.24, 2.45) is 0 Å². The molecule has 78 valence electrons. The average molecular weight is 218 g/mol. The van der Waals surface area contributed by atoms with Gasteiger partial charge in [-0.3, -0.25) is 0 Å². The first-order valence-electron chi connectivity index (χ1n) is 3.75. The number of sulfone groups is 1. The van der Waals surface area contributed by atoms with Gasteiger partial charge in [-0.25, -0.2) is 17.9 Å². The molecule has 0 radical (unpaired) electrons. The van der Waals surface area contributed by atoms with Crippen LogP contribution in [0.25, 0.3) is 0 Å². The Labute approximate surface area is 81.1 Å². The molecule has 1 aromatic heterocycles. The zero-order valence-corrected chi connectivity index (χ0v) is 8.58. The van der Waals surface area contributed by atoms with Gasteiger partial charge in [-0.15, -0.1) is 0 Å². The molecule has 0 bridgehead atoms. The standard InChI is InChI=1S/C7H10N2O4S/c1-5-3-6(7(10)11)9(8-5)4-14(2,12)13/h3H,4H2,1-2H3,(H,10,11). The maximum atomic E-state index is 10.9. The molecule has 0 aliphatic rings. The summed E-state index contributed by atoms with van der Waals surface area (Å²) in [5.74, 6) is -1.60. The summed E-state index contributed by atoms with van der Waals surface area (Å²) < 4.78 is 22.8. The summed E-state index contributed by atoms with van der Waals surface area (Å²) in [6, 6.07) is 1.33. The molecule has 1 aromatic rings. The Morgan fingerprint density at radius 3 is 2.64 bits per heavy atom. The van der Waals surface area contributed by atoms with Crippen LogP contribution in [0.1, 0.15) is 16.2 Å². The molecule has 1 heterocycles. The van der Waals surface area contributed by atoms with E-state index in [1.54, 1.807) is 6.92 Å². The summed E-state index contributed by atoms with van der Waals surface area (Å²) in [7, 11) is -3.28. The highest BCUT2D eigenvalue weighted by Crippen LogP contribution is 2.05. The van der Waals surface area contributed by atoms with Gasteiger partial charge in [-0.1, -0.05) is 0 Å². The van der Waals surface area contributed by atoms with Gasteiger partial charge in [0.25, 0.3) is 0 Å². The number of carboxylic acids is 1. The average Bonchev–Trinajstić information content (AvgIpc) is 2.27. The van der Waals surface area contributed by atoms with Crippen LogP contribution >= 0.6 is 0 Å². The molecule has 0 amide bonds. The first-order chi connectivity index (χ1) is 6.29. The number of hydrogen-bond donors (Lipinski definition) is 1. The predicted octanol–water partition coefficient (Wildman–Crippen LogP) is -0.108. The van der Waals surface area contributed by atoms with Crippen molar-refractivity contribution in [3.8, 4) is 0 Å². The van der Waals surface area contributed by atoms with Gasteiger partial charge in [-0.05, 0) is 13.0 Å². The molecule has 0 aliphatic carbocycles. The van der Waals surface area contributed by atoms with Crippen molar-refractivity contribution < 1.29 is 18.3 Å². The third-order valence-electron chi connectivity index (χ3n) is 1.48. The van der Waals surface area contributed by atoms with Crippen LogP contribution in [0.5, 0.6) is 0 Å². The molecule has 7 heteroatoms. The molecule has 0 aromatic carbocycles. The lowest BCUT2D eigenvalue weighted by molar-refractivity contribution is 0.0684. The van der Waals surface area contributed by atoms with Crippen molar-refractivity contribution in [3.63, 3.8) is 0 Å². The fourth-order valence-corrected chi connectivity index (χ4v) is 1.68. The summed E-state index contributed by atoms with van der Waals surface area (Å²) in [6.45, 7) is 1.60. The highest BCUT2D eigenvalue weighted by Gasteiger charge is 2.15. The molecule has 0 saturated heterocycles. The Hall–Kier alpha value is -1.37. The van der Waals surface area contributed by atoms with E-state index in [9.17, 15) is 13.2 Å². The highest BCUT2D eigenvalue weighted by molar-refractivity contribution is 7.89. The zero-order valence-electron chi connectivity index (χ0n) is 7.76. The van der Waals surface area contributed by atoms with Gasteiger partial charge in [0.1, 0.15) is 11.6 Å². The molecule has 0 spiro atoms. The minimum atomic E-state index is -3.28. The quantitative estimate of drug-likeness (QED) is 0.764. The van der Waals surface area contributed by atoms with Gasteiger partial charge >= 0.3 is 5.97 Å². The van der Waals surface area contributed by atoms with Crippen molar-refractivity contribution in [1.82, 2.24) is 9.78 Å². The van der Waals surface area contributed by atoms with Crippen LogP contribution in [-0.4, -0.2) is 35.5 Å². The van der Waals surface area contributed by atoms with Crippen LogP contribution in [0.15, 0.2) is 6.07 Å². The molecular weight excluding hydrogens is 208 g/mol. The van der Waals surface area contributed by atoms with E-state index in [4.69, 9.17) is 5.11 Å². The van der Waals surface area contributed by atoms with Crippen molar-refractivity contribution >= 4 is 15.8 Å². The summed E-state index contributed by atoms with van der Waals surface area (Å²) in [4.78, 5) is 10.7. The number of carbonyl (C=O) groups is 1. The van der Waals surface area contributed by atoms with Gasteiger partial charge < -0.3 is 5.11 Å². The van der Waals surface area contributed by atoms with Crippen molar-refractivity contribution in [2.75, 3.05) is 6.26 Å². The van der Waals surface area contributed by atoms with Crippen LogP contribution in [0.4, 0.5) is 0 Å². The van der Waals surface area contributed by atoms with E-state index in [0.29, 0.717) is 5.69 Å². The van der Waals surface area contributed by atoms with Gasteiger partial charge in [0, 0.05) is 6.26 Å². The molecule has 0 atom stereocenters. The van der Waals surface area contributed by atoms with E-state index in [2.05, 4.69) is 5.10 Å². The monoisotopic (exact) mass is 218 g/mol. The normalized spacial score (nSPS) is 11.6. The largest absolute Gasteiger partial charge is 0.477 e. The maximum Gasteiger partial charge on any atom is 0.354 e. The van der Waals surface area contributed by atoms with E-state index in [0.717, 1.165) is 10.9 Å². The predicted molar refractivity (Wildman–Crippen MR) is 48.8 cm³/mol. The van der Waals surface area contributed by atoms with Crippen LogP contribution in [0.2, 0.25) is 0 Å². The molecule has 1 rings (SSSR count). The minimum Gasteiger partial charge on any atom is -0.477 e. The number of carboxylic acid groups (broad SMARTS) is 1. The van der Waals surface area contributed by atoms with Gasteiger partial charge in [0.2, 0.25) is 0 Å². The number of rotatable bonds is 3. The fraction of sp³-hybridized carbons (Fsp3) is 0.429. The van der Waals surface area contributed by atoms with E-state index in [1.165, 1.54) is 6.07 Å². The number of nitrogens with zero attached hydrogens (tertiary/aromatic N) is 2. The van der Waals surface area contributed by atoms with Crippen molar-refractivity contribution in [3.05, 3.63) is 17.5 Å². The molecule has 0 unspecified atom stereocenters. The second-order valence-electron chi connectivity index (χ2n) is 3.03. The van der Waals surface area contributed by atoms with Gasteiger partial charge in [-0.2, -0.15) is 5.10 Å². The van der Waals surface area contributed by atoms with E-state index in [1.807, 2.05) is 0 Å². The summed E-state index contributed by atoms with van der Waals surface area (Å²) in [5.41, 5.74) is 0.360. The maximum absolute atomic E-state index is 10.9. The number of aryl methyl sites for hydroxylation is 1. The molecule has 1 N–H and O–H groups in total. The highest BCUT2D eigenvalue weighted by atomic mass is 32.2. The molecule has 14 heavy (non-hydrogen) atoms. The Morgan fingerprint density at radius 1 is 1.64 bits per heavy atom. The molecule has 0 aliphatic heterocycles. The third kappa shape index (κ3) is 2.56. The lowest BCUT2D eigenvalue weighted by Crippen LogP contribution is -2.15. The Bertz CT molecular complexity index is 460. The van der Waals surface area contributed by atoms with E-state index >= 15 is 0 Å². The Balaban J connectivity index is 3.14. The lowest BCUT2D eigenvalue weighted by atomic mass is 10.4. The van der Waals surface area contributed by atoms with Crippen molar-refractivity contribution in [1.29, 1.82) is 0 Å². The van der Waals surface area contributed by atoms with Gasteiger partial charge in [0.15, 0.2) is 9.84 Å². The van der Waals surface area contributed by atoms with Crippen LogP contribution in [0, 0.1) is 6.92 Å². The Morgan fingerprint density at radius 2 is 2.21 bits per heavy atom. The fourth-order valence-electron chi connectivity index (χ4n) is 1.04. The number of aromatic carboxylic acids is 1. The first kappa shape index (κ1) is 10.7. The van der Waals surface area contributed by atoms with Crippen molar-refractivity contribution in [2.45, 2.75) is 12.8 Å². The molecule has 0 saturated carbocycles. The topological polar surface area (TPSA) is 89.3 Å². The van der Waals surface area contributed by atoms with Crippen LogP contribution < -0.4 is 0 Å². The molecule has 6 nitrogen and oxygen atoms in total. The lowest BCUT2D eigenvalue weighted by Gasteiger charge is -2.01. The summed E-state index contributed by atoms with van der Waals surface area (Å²) in [6.07, 6.45) is 1.02. The molecular formula is C7H10N2O4S. The second-order valence-corrected chi connectivity index (χ2v) is 5.14. The zero-order chi connectivity index (χ0) is 10.9. The first-order valence-corrected chi connectivity index (χ1v) is 5.81. The smallest absolute Gasteiger partial charge is 0.354 e.